The Balaban J connectivity index is 2.66. The molecule has 6 nitrogen and oxygen atoms in total. The number of thiazole rings is 1. The quantitative estimate of drug-likeness (QED) is 0.755. The van der Waals surface area contributed by atoms with E-state index < -0.39 is 12.0 Å². The minimum absolute atomic E-state index is 0.183. The fourth-order valence-electron chi connectivity index (χ4n) is 1.56. The molecule has 1 aromatic rings. The van der Waals surface area contributed by atoms with Gasteiger partial charge in [-0.2, -0.15) is 0 Å². The number of carboxylic acids is 1. The van der Waals surface area contributed by atoms with Gasteiger partial charge in [-0.3, -0.25) is 4.79 Å². The molecule has 0 aliphatic heterocycles. The van der Waals surface area contributed by atoms with E-state index in [1.165, 1.54) is 11.0 Å². The molecule has 0 fully saturated rings. The Bertz CT molecular complexity index is 487. The van der Waals surface area contributed by atoms with E-state index in [2.05, 4.69) is 16.9 Å². The second-order valence-corrected chi connectivity index (χ2v) is 5.40. The van der Waals surface area contributed by atoms with Gasteiger partial charge in [-0.15, -0.1) is 17.9 Å². The van der Waals surface area contributed by atoms with Crippen LogP contribution in [-0.4, -0.2) is 40.1 Å². The van der Waals surface area contributed by atoms with Crippen LogP contribution in [0.15, 0.2) is 18.9 Å². The third kappa shape index (κ3) is 4.65. The highest BCUT2D eigenvalue weighted by molar-refractivity contribution is 7.11. The van der Waals surface area contributed by atoms with E-state index in [0.29, 0.717) is 0 Å². The number of carbonyl (C=O) groups is 2. The van der Waals surface area contributed by atoms with Gasteiger partial charge in [0.15, 0.2) is 0 Å². The second kappa shape index (κ2) is 7.64. The summed E-state index contributed by atoms with van der Waals surface area (Å²) in [6.45, 7) is 7.21. The average molecular weight is 297 g/mol. The highest BCUT2D eigenvalue weighted by Gasteiger charge is 2.19. The molecule has 0 aliphatic carbocycles. The van der Waals surface area contributed by atoms with Crippen molar-refractivity contribution in [2.75, 3.05) is 13.1 Å². The number of hydrogen-bond donors (Lipinski definition) is 2. The van der Waals surface area contributed by atoms with Crippen molar-refractivity contribution in [3.63, 3.8) is 0 Å². The zero-order valence-corrected chi connectivity index (χ0v) is 12.4. The summed E-state index contributed by atoms with van der Waals surface area (Å²) in [4.78, 5) is 29.3. The van der Waals surface area contributed by atoms with Crippen molar-refractivity contribution in [1.82, 2.24) is 15.2 Å². The first-order valence-corrected chi connectivity index (χ1v) is 7.12. The Hall–Kier alpha value is -1.89. The normalized spacial score (nSPS) is 11.7. The lowest BCUT2D eigenvalue weighted by Gasteiger charge is -2.21. The molecule has 110 valence electrons. The number of carboxylic acid groups (broad SMARTS) is 1. The maximum absolute atomic E-state index is 12.0. The molecule has 0 aromatic carbocycles. The zero-order valence-electron chi connectivity index (χ0n) is 11.6. The Morgan fingerprint density at radius 1 is 1.65 bits per heavy atom. The lowest BCUT2D eigenvalue weighted by atomic mass is 10.3. The molecular formula is C13H19N3O3S. The number of aliphatic carboxylic acids is 1. The molecule has 0 radical (unpaired) electrons. The summed E-state index contributed by atoms with van der Waals surface area (Å²) in [5.74, 6) is -1.06. The fraction of sp³-hybridized carbons (Fsp3) is 0.462. The van der Waals surface area contributed by atoms with Crippen LogP contribution in [0.2, 0.25) is 0 Å². The van der Waals surface area contributed by atoms with Crippen LogP contribution in [0.4, 0.5) is 4.79 Å². The van der Waals surface area contributed by atoms with Crippen molar-refractivity contribution < 1.29 is 14.7 Å². The molecule has 1 unspecified atom stereocenters. The lowest BCUT2D eigenvalue weighted by molar-refractivity contribution is -0.137. The van der Waals surface area contributed by atoms with Crippen molar-refractivity contribution in [1.29, 1.82) is 0 Å². The number of nitrogens with one attached hydrogen (secondary N) is 1. The van der Waals surface area contributed by atoms with Crippen LogP contribution in [-0.2, 0) is 11.2 Å². The van der Waals surface area contributed by atoms with Gasteiger partial charge in [-0.1, -0.05) is 13.0 Å². The molecule has 2 amide bonds. The van der Waals surface area contributed by atoms with Crippen molar-refractivity contribution in [3.05, 3.63) is 28.7 Å². The van der Waals surface area contributed by atoms with E-state index in [1.807, 2.05) is 13.8 Å². The van der Waals surface area contributed by atoms with E-state index in [1.54, 1.807) is 17.5 Å². The van der Waals surface area contributed by atoms with Crippen LogP contribution < -0.4 is 5.32 Å². The van der Waals surface area contributed by atoms with Crippen LogP contribution in [0.3, 0.4) is 0 Å². The molecule has 0 bridgehead atoms. The largest absolute Gasteiger partial charge is 0.480 e. The number of urea groups is 1. The summed E-state index contributed by atoms with van der Waals surface area (Å²) in [6, 6.07) is -0.693. The van der Waals surface area contributed by atoms with E-state index in [-0.39, 0.29) is 19.1 Å². The standard InChI is InChI=1S/C13H19N3O3S/c1-4-6-16(8-11(17)18)13(19)15-9(3)12-14-7-10(5-2)20-12/h4,7,9H,1,5-6,8H2,2-3H3,(H,15,19)(H,17,18). The molecule has 0 aliphatic rings. The highest BCUT2D eigenvalue weighted by atomic mass is 32.1. The first-order chi connectivity index (χ1) is 9.47. The lowest BCUT2D eigenvalue weighted by Crippen LogP contribution is -2.43. The fourth-order valence-corrected chi connectivity index (χ4v) is 2.42. The van der Waals surface area contributed by atoms with Crippen molar-refractivity contribution >= 4 is 23.3 Å². The van der Waals surface area contributed by atoms with Gasteiger partial charge in [-0.05, 0) is 13.3 Å². The predicted octanol–water partition coefficient (Wildman–Crippen LogP) is 2.05. The predicted molar refractivity (Wildman–Crippen MR) is 77.8 cm³/mol. The van der Waals surface area contributed by atoms with E-state index in [0.717, 1.165) is 16.3 Å². The second-order valence-electron chi connectivity index (χ2n) is 4.25. The first-order valence-electron chi connectivity index (χ1n) is 6.30. The summed E-state index contributed by atoms with van der Waals surface area (Å²) in [6.07, 6.45) is 4.19. The summed E-state index contributed by atoms with van der Waals surface area (Å²) < 4.78 is 0. The SMILES string of the molecule is C=CCN(CC(=O)O)C(=O)NC(C)c1ncc(CC)s1. The molecule has 0 saturated carbocycles. The van der Waals surface area contributed by atoms with E-state index in [4.69, 9.17) is 5.11 Å². The molecule has 7 heteroatoms. The Morgan fingerprint density at radius 2 is 2.35 bits per heavy atom. The number of amides is 2. The highest BCUT2D eigenvalue weighted by Crippen LogP contribution is 2.20. The summed E-state index contributed by atoms with van der Waals surface area (Å²) in [7, 11) is 0. The molecule has 1 atom stereocenters. The molecule has 20 heavy (non-hydrogen) atoms. The maximum Gasteiger partial charge on any atom is 0.323 e. The van der Waals surface area contributed by atoms with Gasteiger partial charge in [0.1, 0.15) is 11.6 Å². The summed E-state index contributed by atoms with van der Waals surface area (Å²) in [5.41, 5.74) is 0. The molecular weight excluding hydrogens is 278 g/mol. The topological polar surface area (TPSA) is 82.5 Å². The molecule has 1 rings (SSSR count). The van der Waals surface area contributed by atoms with Crippen molar-refractivity contribution in [2.24, 2.45) is 0 Å². The van der Waals surface area contributed by atoms with Gasteiger partial charge in [0.25, 0.3) is 0 Å². The molecule has 1 heterocycles. The van der Waals surface area contributed by atoms with Gasteiger partial charge < -0.3 is 15.3 Å². The smallest absolute Gasteiger partial charge is 0.323 e. The van der Waals surface area contributed by atoms with E-state index >= 15 is 0 Å². The molecule has 0 spiro atoms. The van der Waals surface area contributed by atoms with Crippen molar-refractivity contribution in [3.8, 4) is 0 Å². The minimum Gasteiger partial charge on any atom is -0.480 e. The third-order valence-corrected chi connectivity index (χ3v) is 3.92. The maximum atomic E-state index is 12.0. The number of rotatable bonds is 7. The third-order valence-electron chi connectivity index (χ3n) is 2.59. The number of carbonyl (C=O) groups excluding carboxylic acids is 1. The molecule has 2 N–H and O–H groups in total. The Labute approximate surface area is 122 Å². The number of aromatic nitrogens is 1. The van der Waals surface area contributed by atoms with Gasteiger partial charge in [0, 0.05) is 17.6 Å². The number of nitrogens with zero attached hydrogens (tertiary/aromatic N) is 2. The average Bonchev–Trinajstić information content (AvgIpc) is 2.86. The molecule has 0 saturated heterocycles. The van der Waals surface area contributed by atoms with Gasteiger partial charge in [0.2, 0.25) is 0 Å². The van der Waals surface area contributed by atoms with Gasteiger partial charge in [0.05, 0.1) is 6.04 Å². The van der Waals surface area contributed by atoms with Crippen LogP contribution in [0, 0.1) is 0 Å². The van der Waals surface area contributed by atoms with Crippen LogP contribution in [0.5, 0.6) is 0 Å². The summed E-state index contributed by atoms with van der Waals surface area (Å²) in [5, 5.41) is 12.3. The monoisotopic (exact) mass is 297 g/mol. The van der Waals surface area contributed by atoms with Gasteiger partial charge in [-0.25, -0.2) is 9.78 Å². The Kier molecular flexibility index (Phi) is 6.17. The number of hydrogen-bond acceptors (Lipinski definition) is 4. The first kappa shape index (κ1) is 16.2. The molecule has 1 aromatic heterocycles. The van der Waals surface area contributed by atoms with E-state index in [9.17, 15) is 9.59 Å². The number of aryl methyl sites for hydroxylation is 1. The summed E-state index contributed by atoms with van der Waals surface area (Å²) >= 11 is 1.54. The minimum atomic E-state index is -1.06. The zero-order chi connectivity index (χ0) is 15.1. The Morgan fingerprint density at radius 3 is 2.85 bits per heavy atom. The van der Waals surface area contributed by atoms with Gasteiger partial charge >= 0.3 is 12.0 Å². The van der Waals surface area contributed by atoms with Crippen molar-refractivity contribution in [2.45, 2.75) is 26.3 Å². The van der Waals surface area contributed by atoms with Crippen LogP contribution in [0.25, 0.3) is 0 Å². The van der Waals surface area contributed by atoms with Crippen LogP contribution in [0.1, 0.15) is 29.8 Å². The van der Waals surface area contributed by atoms with Crippen LogP contribution >= 0.6 is 11.3 Å².